The van der Waals surface area contributed by atoms with Crippen LogP contribution in [0.1, 0.15) is 71.1 Å². The van der Waals surface area contributed by atoms with Crippen molar-refractivity contribution in [2.75, 3.05) is 14.1 Å². The van der Waals surface area contributed by atoms with Crippen molar-refractivity contribution >= 4 is 0 Å². The van der Waals surface area contributed by atoms with Crippen molar-refractivity contribution in [2.24, 2.45) is 23.2 Å². The van der Waals surface area contributed by atoms with E-state index in [1.165, 1.54) is 25.7 Å². The zero-order valence-electron chi connectivity index (χ0n) is 13.8. The molecule has 0 aromatic carbocycles. The van der Waals surface area contributed by atoms with Crippen LogP contribution in [0.2, 0.25) is 0 Å². The van der Waals surface area contributed by atoms with Gasteiger partial charge in [0, 0.05) is 5.41 Å². The molecular formula is C18H34IN. The molecule has 4 fully saturated rings. The molecule has 0 aromatic heterocycles. The van der Waals surface area contributed by atoms with Gasteiger partial charge in [-0.2, -0.15) is 0 Å². The summed E-state index contributed by atoms with van der Waals surface area (Å²) in [6.45, 7) is 2.34. The largest absolute Gasteiger partial charge is 1.00 e. The van der Waals surface area contributed by atoms with Crippen LogP contribution in [0.3, 0.4) is 0 Å². The van der Waals surface area contributed by atoms with Crippen molar-refractivity contribution in [2.45, 2.75) is 77.2 Å². The van der Waals surface area contributed by atoms with Gasteiger partial charge in [-0.3, -0.25) is 0 Å². The second-order valence-corrected chi connectivity index (χ2v) is 8.41. The van der Waals surface area contributed by atoms with Crippen molar-refractivity contribution in [1.29, 1.82) is 0 Å². The topological polar surface area (TPSA) is 4.44 Å². The van der Waals surface area contributed by atoms with E-state index in [1.54, 1.807) is 43.4 Å². The standard InChI is InChI=1S/C18H33N.HI/c1-4-5-6-7-17(19(2)3)18-11-14-8-15(12-18)10-16(9-14)13-18;/h14-17H,4-13H2,1-3H3;1H. The fraction of sp³-hybridized carbons (Fsp3) is 1.00. The number of unbranched alkanes of at least 4 members (excludes halogenated alkanes) is 2. The Hall–Kier alpha value is 0.690. The first-order valence-electron chi connectivity index (χ1n) is 8.93. The normalized spacial score (nSPS) is 39.9. The maximum absolute atomic E-state index is 2.43. The predicted molar refractivity (Wildman–Crippen MR) is 81.3 cm³/mol. The quantitative estimate of drug-likeness (QED) is 0.491. The number of nitrogens with one attached hydrogen (secondary N) is 1. The van der Waals surface area contributed by atoms with Gasteiger partial charge in [0.05, 0.1) is 20.1 Å². The monoisotopic (exact) mass is 391 g/mol. The van der Waals surface area contributed by atoms with E-state index >= 15 is 0 Å². The van der Waals surface area contributed by atoms with Crippen LogP contribution in [-0.2, 0) is 0 Å². The van der Waals surface area contributed by atoms with Gasteiger partial charge in [-0.25, -0.2) is 0 Å². The van der Waals surface area contributed by atoms with Crippen LogP contribution >= 0.6 is 0 Å². The van der Waals surface area contributed by atoms with Crippen molar-refractivity contribution in [3.05, 3.63) is 0 Å². The molecule has 2 heteroatoms. The van der Waals surface area contributed by atoms with Crippen molar-refractivity contribution < 1.29 is 28.9 Å². The lowest BCUT2D eigenvalue weighted by atomic mass is 9.47. The fourth-order valence-corrected chi connectivity index (χ4v) is 6.41. The van der Waals surface area contributed by atoms with Gasteiger partial charge in [0.2, 0.25) is 0 Å². The minimum Gasteiger partial charge on any atom is -1.00 e. The van der Waals surface area contributed by atoms with Gasteiger partial charge in [0.25, 0.3) is 0 Å². The molecule has 0 amide bonds. The predicted octanol–water partition coefficient (Wildman–Crippen LogP) is 0.300. The van der Waals surface area contributed by atoms with Crippen LogP contribution < -0.4 is 28.9 Å². The summed E-state index contributed by atoms with van der Waals surface area (Å²) in [5.41, 5.74) is 0.751. The average molecular weight is 391 g/mol. The molecule has 1 unspecified atom stereocenters. The lowest BCUT2D eigenvalue weighted by Crippen LogP contribution is -3.12. The van der Waals surface area contributed by atoms with E-state index in [0.29, 0.717) is 0 Å². The SMILES string of the molecule is CCCCCC([NH+](C)C)C12CC3CC(CC(C3)C1)C2.[I-]. The molecule has 118 valence electrons. The van der Waals surface area contributed by atoms with Crippen molar-refractivity contribution in [3.63, 3.8) is 0 Å². The molecule has 0 saturated heterocycles. The van der Waals surface area contributed by atoms with Gasteiger partial charge >= 0.3 is 0 Å². The van der Waals surface area contributed by atoms with Crippen LogP contribution in [0.25, 0.3) is 0 Å². The van der Waals surface area contributed by atoms with Gasteiger partial charge in [-0.1, -0.05) is 19.8 Å². The molecule has 0 aliphatic heterocycles. The molecule has 4 rings (SSSR count). The maximum atomic E-state index is 2.43. The van der Waals surface area contributed by atoms with E-state index < -0.39 is 0 Å². The molecule has 4 aliphatic rings. The summed E-state index contributed by atoms with van der Waals surface area (Å²) < 4.78 is 0. The number of hydrogen-bond acceptors (Lipinski definition) is 0. The smallest absolute Gasteiger partial charge is 0.0927 e. The number of halogens is 1. The summed E-state index contributed by atoms with van der Waals surface area (Å²) >= 11 is 0. The molecule has 20 heavy (non-hydrogen) atoms. The third-order valence-corrected chi connectivity index (χ3v) is 6.62. The third-order valence-electron chi connectivity index (χ3n) is 6.62. The first-order valence-corrected chi connectivity index (χ1v) is 8.93. The Morgan fingerprint density at radius 2 is 1.45 bits per heavy atom. The van der Waals surface area contributed by atoms with E-state index in [-0.39, 0.29) is 24.0 Å². The van der Waals surface area contributed by atoms with E-state index in [0.717, 1.165) is 29.2 Å². The number of quaternary nitrogens is 1. The zero-order valence-corrected chi connectivity index (χ0v) is 15.9. The second kappa shape index (κ2) is 6.85. The molecule has 1 nitrogen and oxygen atoms in total. The third kappa shape index (κ3) is 3.21. The first kappa shape index (κ1) is 17.1. The molecule has 4 saturated carbocycles. The van der Waals surface area contributed by atoms with E-state index in [2.05, 4.69) is 21.0 Å². The molecule has 0 aromatic rings. The van der Waals surface area contributed by atoms with E-state index in [1.807, 2.05) is 0 Å². The molecule has 1 N–H and O–H groups in total. The maximum Gasteiger partial charge on any atom is 0.0927 e. The Morgan fingerprint density at radius 1 is 0.950 bits per heavy atom. The van der Waals surface area contributed by atoms with Gasteiger partial charge in [0.15, 0.2) is 0 Å². The minimum absolute atomic E-state index is 0. The minimum atomic E-state index is 0. The second-order valence-electron chi connectivity index (χ2n) is 8.41. The first-order chi connectivity index (χ1) is 9.13. The number of rotatable bonds is 6. The Morgan fingerprint density at radius 3 is 1.85 bits per heavy atom. The summed E-state index contributed by atoms with van der Waals surface area (Å²) in [5.74, 6) is 3.33. The highest BCUT2D eigenvalue weighted by Gasteiger charge is 2.55. The van der Waals surface area contributed by atoms with Gasteiger partial charge in [0.1, 0.15) is 0 Å². The van der Waals surface area contributed by atoms with Crippen LogP contribution in [0.15, 0.2) is 0 Å². The summed E-state index contributed by atoms with van der Waals surface area (Å²) in [7, 11) is 4.85. The number of hydrogen-bond donors (Lipinski definition) is 1. The lowest BCUT2D eigenvalue weighted by Gasteiger charge is -2.59. The lowest BCUT2D eigenvalue weighted by molar-refractivity contribution is -0.896. The van der Waals surface area contributed by atoms with Crippen molar-refractivity contribution in [1.82, 2.24) is 0 Å². The molecule has 4 bridgehead atoms. The molecule has 4 aliphatic carbocycles. The van der Waals surface area contributed by atoms with Crippen LogP contribution in [0, 0.1) is 23.2 Å². The Kier molecular flexibility index (Phi) is 5.84. The van der Waals surface area contributed by atoms with Crippen LogP contribution in [0.5, 0.6) is 0 Å². The van der Waals surface area contributed by atoms with Crippen LogP contribution in [0.4, 0.5) is 0 Å². The van der Waals surface area contributed by atoms with E-state index in [9.17, 15) is 0 Å². The Labute approximate surface area is 143 Å². The van der Waals surface area contributed by atoms with Crippen LogP contribution in [-0.4, -0.2) is 20.1 Å². The molecular weight excluding hydrogens is 357 g/mol. The van der Waals surface area contributed by atoms with Crippen molar-refractivity contribution in [3.8, 4) is 0 Å². The van der Waals surface area contributed by atoms with Gasteiger partial charge in [-0.05, 0) is 69.1 Å². The molecule has 1 atom stereocenters. The summed E-state index contributed by atoms with van der Waals surface area (Å²) in [6, 6.07) is 0.951. The molecule has 0 radical (unpaired) electrons. The zero-order chi connectivity index (χ0) is 13.5. The van der Waals surface area contributed by atoms with Gasteiger partial charge < -0.3 is 28.9 Å². The summed E-state index contributed by atoms with van der Waals surface area (Å²) in [4.78, 5) is 1.75. The molecule has 0 heterocycles. The average Bonchev–Trinajstić information content (AvgIpc) is 2.32. The highest BCUT2D eigenvalue weighted by molar-refractivity contribution is 5.04. The molecule has 0 spiro atoms. The summed E-state index contributed by atoms with van der Waals surface area (Å²) in [5, 5.41) is 0. The van der Waals surface area contributed by atoms with E-state index in [4.69, 9.17) is 0 Å². The Balaban J connectivity index is 0.00000147. The Bertz CT molecular complexity index is 277. The summed E-state index contributed by atoms with van der Waals surface area (Å²) in [6.07, 6.45) is 15.3. The highest BCUT2D eigenvalue weighted by atomic mass is 127. The van der Waals surface area contributed by atoms with Gasteiger partial charge in [-0.15, -0.1) is 0 Å². The highest BCUT2D eigenvalue weighted by Crippen LogP contribution is 2.61. The fourth-order valence-electron chi connectivity index (χ4n) is 6.41.